The van der Waals surface area contributed by atoms with Gasteiger partial charge in [-0.15, -0.1) is 0 Å². The number of aromatic amines is 1. The second-order valence-electron chi connectivity index (χ2n) is 7.54. The Bertz CT molecular complexity index is 1200. The third kappa shape index (κ3) is 3.70. The van der Waals surface area contributed by atoms with Gasteiger partial charge < -0.3 is 10.2 Å². The first-order chi connectivity index (χ1) is 14.7. The summed E-state index contributed by atoms with van der Waals surface area (Å²) in [5.41, 5.74) is 3.39. The zero-order valence-corrected chi connectivity index (χ0v) is 17.1. The van der Waals surface area contributed by atoms with Crippen LogP contribution in [-0.2, 0) is 0 Å². The number of carbonyl (C=O) groups excluding carboxylic acids is 1. The molecule has 150 valence electrons. The van der Waals surface area contributed by atoms with Gasteiger partial charge in [0.25, 0.3) is 5.91 Å². The number of fused-ring (bicyclic) bond motifs is 1. The molecule has 0 aliphatic carbocycles. The van der Waals surface area contributed by atoms with Crippen LogP contribution in [0.4, 0.5) is 0 Å². The molecular formula is C24H21ClN4O. The summed E-state index contributed by atoms with van der Waals surface area (Å²) < 4.78 is 0. The van der Waals surface area contributed by atoms with Crippen molar-refractivity contribution in [1.29, 1.82) is 0 Å². The fourth-order valence-electron chi connectivity index (χ4n) is 3.95. The molecule has 0 bridgehead atoms. The van der Waals surface area contributed by atoms with Crippen LogP contribution >= 0.6 is 11.6 Å². The summed E-state index contributed by atoms with van der Waals surface area (Å²) in [7, 11) is 0. The second-order valence-corrected chi connectivity index (χ2v) is 7.97. The largest absolute Gasteiger partial charge is 0.334 e. The SMILES string of the molecule is O=C(c1cc(-c2ccc3ccccc3c2)n[nH]1)N1CCNC(c2ccc(Cl)cc2)C1. The first kappa shape index (κ1) is 18.9. The number of nitrogens with zero attached hydrogens (tertiary/aromatic N) is 2. The smallest absolute Gasteiger partial charge is 0.271 e. The van der Waals surface area contributed by atoms with Crippen molar-refractivity contribution in [2.45, 2.75) is 6.04 Å². The normalized spacial score (nSPS) is 16.7. The molecule has 0 spiro atoms. The summed E-state index contributed by atoms with van der Waals surface area (Å²) in [5.74, 6) is -0.0324. The topological polar surface area (TPSA) is 61.0 Å². The maximum atomic E-state index is 13.1. The summed E-state index contributed by atoms with van der Waals surface area (Å²) in [6.45, 7) is 2.00. The van der Waals surface area contributed by atoms with Crippen molar-refractivity contribution < 1.29 is 4.79 Å². The van der Waals surface area contributed by atoms with E-state index in [0.717, 1.165) is 28.8 Å². The quantitative estimate of drug-likeness (QED) is 0.510. The van der Waals surface area contributed by atoms with Gasteiger partial charge in [0.05, 0.1) is 5.69 Å². The van der Waals surface area contributed by atoms with Gasteiger partial charge in [-0.3, -0.25) is 9.89 Å². The van der Waals surface area contributed by atoms with Crippen LogP contribution in [-0.4, -0.2) is 40.6 Å². The Kier molecular flexibility index (Phi) is 4.99. The van der Waals surface area contributed by atoms with E-state index in [1.54, 1.807) is 0 Å². The van der Waals surface area contributed by atoms with E-state index in [2.05, 4.69) is 39.8 Å². The van der Waals surface area contributed by atoms with Crippen molar-refractivity contribution in [3.8, 4) is 11.3 Å². The zero-order valence-electron chi connectivity index (χ0n) is 16.3. The molecule has 1 atom stereocenters. The van der Waals surface area contributed by atoms with E-state index in [1.807, 2.05) is 53.4 Å². The standard InChI is InChI=1S/C24H21ClN4O/c25-20-9-7-17(8-10-20)23-15-29(12-11-26-23)24(30)22-14-21(27-28-22)19-6-5-16-3-1-2-4-18(16)13-19/h1-10,13-14,23,26H,11-12,15H2,(H,27,28). The van der Waals surface area contributed by atoms with Crippen LogP contribution in [0.5, 0.6) is 0 Å². The molecule has 1 saturated heterocycles. The molecule has 1 amide bonds. The third-order valence-corrected chi connectivity index (χ3v) is 5.84. The van der Waals surface area contributed by atoms with E-state index >= 15 is 0 Å². The molecule has 1 aromatic heterocycles. The van der Waals surface area contributed by atoms with E-state index in [1.165, 1.54) is 5.39 Å². The van der Waals surface area contributed by atoms with Crippen LogP contribution in [0.25, 0.3) is 22.0 Å². The number of rotatable bonds is 3. The lowest BCUT2D eigenvalue weighted by molar-refractivity contribution is 0.0697. The average molecular weight is 417 g/mol. The molecule has 6 heteroatoms. The Balaban J connectivity index is 1.35. The van der Waals surface area contributed by atoms with Crippen molar-refractivity contribution in [2.75, 3.05) is 19.6 Å². The number of hydrogen-bond donors (Lipinski definition) is 2. The second kappa shape index (κ2) is 7.94. The Hall–Kier alpha value is -3.15. The van der Waals surface area contributed by atoms with Gasteiger partial charge in [0, 0.05) is 36.3 Å². The first-order valence-corrected chi connectivity index (χ1v) is 10.4. The Labute approximate surface area is 179 Å². The molecule has 5 nitrogen and oxygen atoms in total. The Morgan fingerprint density at radius 3 is 2.63 bits per heavy atom. The summed E-state index contributed by atoms with van der Waals surface area (Å²) in [4.78, 5) is 15.0. The van der Waals surface area contributed by atoms with E-state index in [4.69, 9.17) is 11.6 Å². The van der Waals surface area contributed by atoms with Crippen molar-refractivity contribution in [1.82, 2.24) is 20.4 Å². The van der Waals surface area contributed by atoms with Gasteiger partial charge in [-0.25, -0.2) is 0 Å². The van der Waals surface area contributed by atoms with Crippen molar-refractivity contribution >= 4 is 28.3 Å². The van der Waals surface area contributed by atoms with Crippen LogP contribution in [0.1, 0.15) is 22.1 Å². The molecule has 0 saturated carbocycles. The van der Waals surface area contributed by atoms with Gasteiger partial charge in [0.15, 0.2) is 0 Å². The zero-order chi connectivity index (χ0) is 20.5. The minimum absolute atomic E-state index is 0.0324. The van der Waals surface area contributed by atoms with Crippen LogP contribution in [0.15, 0.2) is 72.8 Å². The van der Waals surface area contributed by atoms with Crippen LogP contribution in [0, 0.1) is 0 Å². The van der Waals surface area contributed by atoms with Crippen LogP contribution in [0.2, 0.25) is 5.02 Å². The number of carbonyl (C=O) groups is 1. The highest BCUT2D eigenvalue weighted by Gasteiger charge is 2.26. The molecule has 0 radical (unpaired) electrons. The molecule has 1 unspecified atom stereocenters. The number of piperazine rings is 1. The van der Waals surface area contributed by atoms with Gasteiger partial charge in [-0.05, 0) is 40.6 Å². The lowest BCUT2D eigenvalue weighted by Gasteiger charge is -2.33. The van der Waals surface area contributed by atoms with Crippen LogP contribution in [0.3, 0.4) is 0 Å². The van der Waals surface area contributed by atoms with Gasteiger partial charge in [0.1, 0.15) is 5.69 Å². The number of nitrogens with one attached hydrogen (secondary N) is 2. The van der Waals surface area contributed by atoms with Crippen molar-refractivity contribution in [3.05, 3.63) is 89.1 Å². The highest BCUT2D eigenvalue weighted by atomic mass is 35.5. The van der Waals surface area contributed by atoms with E-state index in [0.29, 0.717) is 23.8 Å². The monoisotopic (exact) mass is 416 g/mol. The summed E-state index contributed by atoms with van der Waals surface area (Å²) in [6, 6.07) is 24.1. The number of benzene rings is 3. The first-order valence-electron chi connectivity index (χ1n) is 10.00. The van der Waals surface area contributed by atoms with Gasteiger partial charge >= 0.3 is 0 Å². The maximum absolute atomic E-state index is 13.1. The lowest BCUT2D eigenvalue weighted by atomic mass is 10.0. The van der Waals surface area contributed by atoms with Crippen LogP contribution < -0.4 is 5.32 Å². The number of hydrogen-bond acceptors (Lipinski definition) is 3. The molecular weight excluding hydrogens is 396 g/mol. The molecule has 2 N–H and O–H groups in total. The average Bonchev–Trinajstić information content (AvgIpc) is 3.29. The molecule has 1 fully saturated rings. The van der Waals surface area contributed by atoms with Crippen molar-refractivity contribution in [2.24, 2.45) is 0 Å². The summed E-state index contributed by atoms with van der Waals surface area (Å²) >= 11 is 6.00. The van der Waals surface area contributed by atoms with E-state index < -0.39 is 0 Å². The number of aromatic nitrogens is 2. The van der Waals surface area contributed by atoms with Gasteiger partial charge in [-0.1, -0.05) is 60.1 Å². The fourth-order valence-corrected chi connectivity index (χ4v) is 4.08. The Morgan fingerprint density at radius 1 is 1.00 bits per heavy atom. The van der Waals surface area contributed by atoms with Gasteiger partial charge in [-0.2, -0.15) is 5.10 Å². The summed E-state index contributed by atoms with van der Waals surface area (Å²) in [6.07, 6.45) is 0. The number of H-pyrrole nitrogens is 1. The van der Waals surface area contributed by atoms with Gasteiger partial charge in [0.2, 0.25) is 0 Å². The van der Waals surface area contributed by atoms with Crippen molar-refractivity contribution in [3.63, 3.8) is 0 Å². The number of halogens is 1. The predicted molar refractivity (Wildman–Crippen MR) is 120 cm³/mol. The third-order valence-electron chi connectivity index (χ3n) is 5.59. The highest BCUT2D eigenvalue weighted by molar-refractivity contribution is 6.30. The molecule has 3 aromatic carbocycles. The maximum Gasteiger partial charge on any atom is 0.271 e. The Morgan fingerprint density at radius 2 is 1.80 bits per heavy atom. The summed E-state index contributed by atoms with van der Waals surface area (Å²) in [5, 5.41) is 13.8. The highest BCUT2D eigenvalue weighted by Crippen LogP contribution is 2.25. The van der Waals surface area contributed by atoms with E-state index in [-0.39, 0.29) is 11.9 Å². The number of amides is 1. The fraction of sp³-hybridized carbons (Fsp3) is 0.167. The molecule has 5 rings (SSSR count). The minimum Gasteiger partial charge on any atom is -0.334 e. The molecule has 1 aliphatic heterocycles. The molecule has 30 heavy (non-hydrogen) atoms. The molecule has 2 heterocycles. The minimum atomic E-state index is -0.0324. The molecule has 1 aliphatic rings. The lowest BCUT2D eigenvalue weighted by Crippen LogP contribution is -2.48. The predicted octanol–water partition coefficient (Wildman–Crippen LogP) is 4.67. The molecule has 4 aromatic rings. The van der Waals surface area contributed by atoms with E-state index in [9.17, 15) is 4.79 Å².